The highest BCUT2D eigenvalue weighted by Crippen LogP contribution is 2.28. The molecule has 1 aliphatic rings. The molecule has 1 heterocycles. The second-order valence-electron chi connectivity index (χ2n) is 5.39. The topological polar surface area (TPSA) is 15.7 Å². The van der Waals surface area contributed by atoms with Gasteiger partial charge in [-0.2, -0.15) is 0 Å². The summed E-state index contributed by atoms with van der Waals surface area (Å²) in [7, 11) is 6.38. The lowest BCUT2D eigenvalue weighted by Crippen LogP contribution is -2.27. The molecule has 0 spiro atoms. The summed E-state index contributed by atoms with van der Waals surface area (Å²) in [6, 6.07) is 4.58. The highest BCUT2D eigenvalue weighted by Gasteiger charge is 2.17. The van der Waals surface area contributed by atoms with E-state index < -0.39 is 0 Å². The highest BCUT2D eigenvalue weighted by molar-refractivity contribution is 5.44. The van der Waals surface area contributed by atoms with E-state index in [-0.39, 0.29) is 0 Å². The van der Waals surface area contributed by atoms with E-state index >= 15 is 0 Å². The maximum Gasteiger partial charge on any atom is 0.124 e. The Hall–Kier alpha value is -1.06. The third-order valence-electron chi connectivity index (χ3n) is 3.37. The highest BCUT2D eigenvalue weighted by atomic mass is 16.5. The molecule has 0 atom stereocenters. The summed E-state index contributed by atoms with van der Waals surface area (Å²) in [6.45, 7) is 5.92. The number of nitrogens with zero attached hydrogens (tertiary/aromatic N) is 2. The molecule has 0 fully saturated rings. The van der Waals surface area contributed by atoms with Gasteiger partial charge in [0.05, 0.1) is 6.61 Å². The van der Waals surface area contributed by atoms with Crippen molar-refractivity contribution in [1.82, 2.24) is 9.80 Å². The molecule has 0 saturated carbocycles. The van der Waals surface area contributed by atoms with Gasteiger partial charge < -0.3 is 14.5 Å². The molecule has 0 saturated heterocycles. The molecule has 1 aromatic rings. The second-order valence-corrected chi connectivity index (χ2v) is 5.39. The second kappa shape index (κ2) is 5.72. The number of rotatable bonds is 4. The van der Waals surface area contributed by atoms with Crippen LogP contribution >= 0.6 is 0 Å². The third kappa shape index (κ3) is 3.03. The van der Waals surface area contributed by atoms with Crippen molar-refractivity contribution in [2.45, 2.75) is 26.4 Å². The first-order chi connectivity index (χ1) is 8.60. The lowest BCUT2D eigenvalue weighted by atomic mass is 9.96. The number of fused-ring (bicyclic) bond motifs is 1. The molecule has 0 aliphatic carbocycles. The molecule has 0 radical (unpaired) electrons. The van der Waals surface area contributed by atoms with Crippen LogP contribution in [0, 0.1) is 0 Å². The normalized spacial score (nSPS) is 15.8. The number of hydrogen-bond donors (Lipinski definition) is 0. The molecule has 1 aliphatic heterocycles. The minimum Gasteiger partial charge on any atom is -0.494 e. The Morgan fingerprint density at radius 1 is 1.28 bits per heavy atom. The maximum atomic E-state index is 5.79. The van der Waals surface area contributed by atoms with Crippen molar-refractivity contribution >= 4 is 0 Å². The summed E-state index contributed by atoms with van der Waals surface area (Å²) in [5, 5.41) is 0. The van der Waals surface area contributed by atoms with Crippen LogP contribution in [0.5, 0.6) is 5.75 Å². The van der Waals surface area contributed by atoms with E-state index in [4.69, 9.17) is 4.74 Å². The average Bonchev–Trinajstić information content (AvgIpc) is 2.30. The first kappa shape index (κ1) is 13.4. The summed E-state index contributed by atoms with van der Waals surface area (Å²) in [6.07, 6.45) is 1.15. The van der Waals surface area contributed by atoms with Gasteiger partial charge in [-0.3, -0.25) is 0 Å². The van der Waals surface area contributed by atoms with Gasteiger partial charge in [-0.25, -0.2) is 0 Å². The summed E-state index contributed by atoms with van der Waals surface area (Å²) >= 11 is 0. The van der Waals surface area contributed by atoms with Gasteiger partial charge >= 0.3 is 0 Å². The largest absolute Gasteiger partial charge is 0.494 e. The first-order valence-electron chi connectivity index (χ1n) is 6.71. The summed E-state index contributed by atoms with van der Waals surface area (Å²) in [5.41, 5.74) is 4.23. The van der Waals surface area contributed by atoms with Gasteiger partial charge in [0.2, 0.25) is 0 Å². The smallest absolute Gasteiger partial charge is 0.124 e. The fourth-order valence-corrected chi connectivity index (χ4v) is 2.53. The molecule has 100 valence electrons. The minimum absolute atomic E-state index is 0.731. The number of likely N-dealkylation sites (N-methyl/N-ethyl adjacent to an activating group) is 1. The van der Waals surface area contributed by atoms with Crippen LogP contribution in [0.1, 0.15) is 23.6 Å². The van der Waals surface area contributed by atoms with Gasteiger partial charge in [-0.05, 0) is 51.7 Å². The van der Waals surface area contributed by atoms with E-state index in [1.165, 1.54) is 16.7 Å². The Labute approximate surface area is 110 Å². The van der Waals surface area contributed by atoms with E-state index in [0.29, 0.717) is 0 Å². The quantitative estimate of drug-likeness (QED) is 0.812. The fourth-order valence-electron chi connectivity index (χ4n) is 2.53. The Kier molecular flexibility index (Phi) is 4.25. The maximum absolute atomic E-state index is 5.79. The van der Waals surface area contributed by atoms with Gasteiger partial charge in [-0.15, -0.1) is 0 Å². The fraction of sp³-hybridized carbons (Fsp3) is 0.600. The summed E-state index contributed by atoms with van der Waals surface area (Å²) in [5.74, 6) is 1.06. The van der Waals surface area contributed by atoms with Crippen LogP contribution in [0.25, 0.3) is 0 Å². The SMILES string of the molecule is CCOc1cc2c(cc1CN(C)C)CCN(C)C2. The van der Waals surface area contributed by atoms with Crippen molar-refractivity contribution in [3.05, 3.63) is 28.8 Å². The van der Waals surface area contributed by atoms with Gasteiger partial charge in [0.1, 0.15) is 5.75 Å². The monoisotopic (exact) mass is 248 g/mol. The molecule has 0 N–H and O–H groups in total. The standard InChI is InChI=1S/C15H24N2O/c1-5-18-15-9-13-11-17(4)7-6-12(13)8-14(15)10-16(2)3/h8-9H,5-7,10-11H2,1-4H3. The minimum atomic E-state index is 0.731. The van der Waals surface area contributed by atoms with Crippen molar-refractivity contribution in [3.8, 4) is 5.75 Å². The van der Waals surface area contributed by atoms with Gasteiger partial charge in [-0.1, -0.05) is 6.07 Å². The molecule has 2 rings (SSSR count). The predicted molar refractivity (Wildman–Crippen MR) is 75.0 cm³/mol. The molecular formula is C15H24N2O. The van der Waals surface area contributed by atoms with E-state index in [9.17, 15) is 0 Å². The molecular weight excluding hydrogens is 224 g/mol. The van der Waals surface area contributed by atoms with Crippen molar-refractivity contribution < 1.29 is 4.74 Å². The Morgan fingerprint density at radius 3 is 2.72 bits per heavy atom. The molecule has 0 amide bonds. The molecule has 3 heteroatoms. The van der Waals surface area contributed by atoms with Crippen molar-refractivity contribution in [3.63, 3.8) is 0 Å². The lowest BCUT2D eigenvalue weighted by molar-refractivity contribution is 0.304. The van der Waals surface area contributed by atoms with Crippen LogP contribution in [0.2, 0.25) is 0 Å². The Bertz CT molecular complexity index is 415. The molecule has 1 aromatic carbocycles. The molecule has 0 bridgehead atoms. The van der Waals surface area contributed by atoms with Crippen molar-refractivity contribution in [1.29, 1.82) is 0 Å². The van der Waals surface area contributed by atoms with E-state index in [1.807, 2.05) is 6.92 Å². The van der Waals surface area contributed by atoms with Gasteiger partial charge in [0.15, 0.2) is 0 Å². The van der Waals surface area contributed by atoms with Crippen molar-refractivity contribution in [2.75, 3.05) is 34.3 Å². The Balaban J connectivity index is 2.33. The number of hydrogen-bond acceptors (Lipinski definition) is 3. The van der Waals surface area contributed by atoms with Crippen LogP contribution in [-0.2, 0) is 19.5 Å². The van der Waals surface area contributed by atoms with E-state index in [2.05, 4.69) is 43.1 Å². The Morgan fingerprint density at radius 2 is 2.06 bits per heavy atom. The van der Waals surface area contributed by atoms with Crippen molar-refractivity contribution in [2.24, 2.45) is 0 Å². The molecule has 18 heavy (non-hydrogen) atoms. The van der Waals surface area contributed by atoms with E-state index in [0.717, 1.165) is 38.4 Å². The number of benzene rings is 1. The zero-order valence-electron chi connectivity index (χ0n) is 12.0. The zero-order chi connectivity index (χ0) is 13.1. The van der Waals surface area contributed by atoms with Crippen LogP contribution < -0.4 is 4.74 Å². The summed E-state index contributed by atoms with van der Waals surface area (Å²) < 4.78 is 5.79. The first-order valence-corrected chi connectivity index (χ1v) is 6.71. The molecule has 0 aromatic heterocycles. The van der Waals surface area contributed by atoms with Gasteiger partial charge in [0, 0.05) is 25.2 Å². The average molecular weight is 248 g/mol. The van der Waals surface area contributed by atoms with Crippen LogP contribution in [0.3, 0.4) is 0 Å². The predicted octanol–water partition coefficient (Wildman–Crippen LogP) is 2.13. The van der Waals surface area contributed by atoms with Gasteiger partial charge in [0.25, 0.3) is 0 Å². The third-order valence-corrected chi connectivity index (χ3v) is 3.37. The van der Waals surface area contributed by atoms with E-state index in [1.54, 1.807) is 0 Å². The molecule has 0 unspecified atom stereocenters. The lowest BCUT2D eigenvalue weighted by Gasteiger charge is -2.27. The zero-order valence-corrected chi connectivity index (χ0v) is 12.0. The number of ether oxygens (including phenoxy) is 1. The molecule has 3 nitrogen and oxygen atoms in total. The van der Waals surface area contributed by atoms with Crippen LogP contribution in [-0.4, -0.2) is 44.1 Å². The van der Waals surface area contributed by atoms with Crippen LogP contribution in [0.15, 0.2) is 12.1 Å². The van der Waals surface area contributed by atoms with Crippen LogP contribution in [0.4, 0.5) is 0 Å². The summed E-state index contributed by atoms with van der Waals surface area (Å²) in [4.78, 5) is 4.56.